The average Bonchev–Trinajstić information content (AvgIpc) is 1.72. The lowest BCUT2D eigenvalue weighted by molar-refractivity contribution is 0.661. The van der Waals surface area contributed by atoms with Crippen LogP contribution >= 0.6 is 12.2 Å². The topological polar surface area (TPSA) is 0 Å². The summed E-state index contributed by atoms with van der Waals surface area (Å²) in [6.45, 7) is 4.26. The SMILES string of the molecule is CCC([C]=S)CC. The summed E-state index contributed by atoms with van der Waals surface area (Å²) in [6, 6.07) is 0. The van der Waals surface area contributed by atoms with E-state index in [0.717, 1.165) is 12.8 Å². The fourth-order valence-electron chi connectivity index (χ4n) is 0.455. The van der Waals surface area contributed by atoms with Crippen molar-refractivity contribution in [1.82, 2.24) is 0 Å². The average molecular weight is 115 g/mol. The highest BCUT2D eigenvalue weighted by molar-refractivity contribution is 7.79. The molecular formula is C6H11S. The van der Waals surface area contributed by atoms with E-state index >= 15 is 0 Å². The molecule has 0 unspecified atom stereocenters. The van der Waals surface area contributed by atoms with Gasteiger partial charge < -0.3 is 0 Å². The van der Waals surface area contributed by atoms with E-state index in [1.54, 1.807) is 0 Å². The quantitative estimate of drug-likeness (QED) is 0.508. The van der Waals surface area contributed by atoms with Crippen molar-refractivity contribution >= 4 is 17.6 Å². The molecule has 0 aliphatic carbocycles. The highest BCUT2D eigenvalue weighted by Crippen LogP contribution is 2.02. The van der Waals surface area contributed by atoms with Crippen LogP contribution in [-0.4, -0.2) is 5.37 Å². The first kappa shape index (κ1) is 7.09. The first-order valence-corrected chi connectivity index (χ1v) is 3.13. The van der Waals surface area contributed by atoms with Crippen LogP contribution in [0.3, 0.4) is 0 Å². The summed E-state index contributed by atoms with van der Waals surface area (Å²) in [5.74, 6) is 0.551. The van der Waals surface area contributed by atoms with Gasteiger partial charge in [-0.2, -0.15) is 0 Å². The number of thiocarbonyl (C=S) groups is 1. The van der Waals surface area contributed by atoms with Crippen LogP contribution in [0, 0.1) is 5.92 Å². The maximum Gasteiger partial charge on any atom is 0.0325 e. The predicted octanol–water partition coefficient (Wildman–Crippen LogP) is 2.30. The fourth-order valence-corrected chi connectivity index (χ4v) is 0.789. The molecule has 1 heteroatoms. The number of hydrogen-bond donors (Lipinski definition) is 0. The molecule has 0 aliphatic heterocycles. The summed E-state index contributed by atoms with van der Waals surface area (Å²) in [4.78, 5) is 0. The summed E-state index contributed by atoms with van der Waals surface area (Å²) in [7, 11) is 0. The molecule has 0 N–H and O–H groups in total. The molecule has 0 rings (SSSR count). The molecule has 0 atom stereocenters. The van der Waals surface area contributed by atoms with E-state index in [1.807, 2.05) is 0 Å². The van der Waals surface area contributed by atoms with Crippen molar-refractivity contribution in [2.24, 2.45) is 5.92 Å². The van der Waals surface area contributed by atoms with E-state index < -0.39 is 0 Å². The molecule has 0 spiro atoms. The third-order valence-electron chi connectivity index (χ3n) is 1.15. The van der Waals surface area contributed by atoms with Gasteiger partial charge in [0.2, 0.25) is 0 Å². The van der Waals surface area contributed by atoms with Crippen LogP contribution < -0.4 is 0 Å². The van der Waals surface area contributed by atoms with Gasteiger partial charge in [-0.25, -0.2) is 0 Å². The standard InChI is InChI=1S/C6H11S/c1-3-6(4-2)5-7/h6H,3-4H2,1-2H3. The van der Waals surface area contributed by atoms with Gasteiger partial charge in [0.1, 0.15) is 0 Å². The van der Waals surface area contributed by atoms with Gasteiger partial charge in [0.25, 0.3) is 0 Å². The zero-order valence-corrected chi connectivity index (χ0v) is 5.72. The smallest absolute Gasteiger partial charge is 0.0325 e. The molecule has 0 aromatic rings. The van der Waals surface area contributed by atoms with E-state index in [4.69, 9.17) is 0 Å². The monoisotopic (exact) mass is 115 g/mol. The second kappa shape index (κ2) is 4.25. The Hall–Kier alpha value is 0.0900. The van der Waals surface area contributed by atoms with Gasteiger partial charge in [0.05, 0.1) is 0 Å². The summed E-state index contributed by atoms with van der Waals surface area (Å²) in [5, 5.41) is 2.78. The normalized spacial score (nSPS) is 9.57. The molecule has 0 aromatic heterocycles. The summed E-state index contributed by atoms with van der Waals surface area (Å²) in [6.07, 6.45) is 2.28. The predicted molar refractivity (Wildman–Crippen MR) is 36.7 cm³/mol. The van der Waals surface area contributed by atoms with E-state index in [1.165, 1.54) is 0 Å². The largest absolute Gasteiger partial charge is 0.0834 e. The van der Waals surface area contributed by atoms with Crippen molar-refractivity contribution in [2.75, 3.05) is 0 Å². The lowest BCUT2D eigenvalue weighted by atomic mass is 10.1. The van der Waals surface area contributed by atoms with Crippen LogP contribution in [0.4, 0.5) is 0 Å². The molecule has 0 nitrogen and oxygen atoms in total. The summed E-state index contributed by atoms with van der Waals surface area (Å²) < 4.78 is 0. The lowest BCUT2D eigenvalue weighted by Gasteiger charge is -1.99. The second-order valence-electron chi connectivity index (χ2n) is 1.63. The lowest BCUT2D eigenvalue weighted by Crippen LogP contribution is -1.93. The van der Waals surface area contributed by atoms with Gasteiger partial charge in [-0.05, 0) is 18.8 Å². The molecule has 0 bridgehead atoms. The Balaban J connectivity index is 3.16. The van der Waals surface area contributed by atoms with Gasteiger partial charge in [0, 0.05) is 5.37 Å². The fraction of sp³-hybridized carbons (Fsp3) is 0.833. The Morgan fingerprint density at radius 1 is 1.43 bits per heavy atom. The van der Waals surface area contributed by atoms with Crippen LogP contribution in [0.2, 0.25) is 0 Å². The molecular weight excluding hydrogens is 104 g/mol. The van der Waals surface area contributed by atoms with Crippen LogP contribution in [0.15, 0.2) is 0 Å². The van der Waals surface area contributed by atoms with E-state index in [0.29, 0.717) is 5.92 Å². The molecule has 0 heterocycles. The minimum absolute atomic E-state index is 0.551. The Bertz CT molecular complexity index is 46.1. The highest BCUT2D eigenvalue weighted by Gasteiger charge is 1.94. The van der Waals surface area contributed by atoms with Crippen molar-refractivity contribution in [3.05, 3.63) is 0 Å². The molecule has 0 fully saturated rings. The van der Waals surface area contributed by atoms with Crippen LogP contribution in [-0.2, 0) is 0 Å². The zero-order valence-electron chi connectivity index (χ0n) is 4.90. The maximum atomic E-state index is 4.62. The first-order chi connectivity index (χ1) is 3.35. The van der Waals surface area contributed by atoms with E-state index in [9.17, 15) is 0 Å². The van der Waals surface area contributed by atoms with Crippen molar-refractivity contribution < 1.29 is 0 Å². The van der Waals surface area contributed by atoms with Gasteiger partial charge in [-0.15, -0.1) is 0 Å². The van der Waals surface area contributed by atoms with Gasteiger partial charge in [0.15, 0.2) is 0 Å². The van der Waals surface area contributed by atoms with Crippen molar-refractivity contribution in [1.29, 1.82) is 0 Å². The Kier molecular flexibility index (Phi) is 4.31. The molecule has 7 heavy (non-hydrogen) atoms. The number of rotatable bonds is 3. The van der Waals surface area contributed by atoms with Gasteiger partial charge in [-0.3, -0.25) is 0 Å². The van der Waals surface area contributed by atoms with Crippen molar-refractivity contribution in [2.45, 2.75) is 26.7 Å². The number of hydrogen-bond acceptors (Lipinski definition) is 1. The molecule has 41 valence electrons. The third kappa shape index (κ3) is 2.75. The Morgan fingerprint density at radius 2 is 1.86 bits per heavy atom. The van der Waals surface area contributed by atoms with Crippen LogP contribution in [0.25, 0.3) is 0 Å². The minimum atomic E-state index is 0.551. The molecule has 1 radical (unpaired) electrons. The first-order valence-electron chi connectivity index (χ1n) is 2.72. The molecule has 0 aliphatic rings. The van der Waals surface area contributed by atoms with Crippen LogP contribution in [0.1, 0.15) is 26.7 Å². The molecule has 0 saturated carbocycles. The molecule has 0 aromatic carbocycles. The third-order valence-corrected chi connectivity index (χ3v) is 1.49. The van der Waals surface area contributed by atoms with Gasteiger partial charge in [-0.1, -0.05) is 26.1 Å². The summed E-state index contributed by atoms with van der Waals surface area (Å²) >= 11 is 4.62. The highest BCUT2D eigenvalue weighted by atomic mass is 32.1. The molecule has 0 saturated heterocycles. The van der Waals surface area contributed by atoms with E-state index in [2.05, 4.69) is 31.4 Å². The molecule has 0 amide bonds. The summed E-state index contributed by atoms with van der Waals surface area (Å²) in [5.41, 5.74) is 0. The second-order valence-corrected chi connectivity index (χ2v) is 1.87. The van der Waals surface area contributed by atoms with Gasteiger partial charge >= 0.3 is 0 Å². The van der Waals surface area contributed by atoms with Crippen molar-refractivity contribution in [3.8, 4) is 0 Å². The Morgan fingerprint density at radius 3 is 1.86 bits per heavy atom. The van der Waals surface area contributed by atoms with Crippen molar-refractivity contribution in [3.63, 3.8) is 0 Å². The Labute approximate surface area is 50.9 Å². The zero-order chi connectivity index (χ0) is 5.70. The maximum absolute atomic E-state index is 4.62. The van der Waals surface area contributed by atoms with E-state index in [-0.39, 0.29) is 0 Å². The van der Waals surface area contributed by atoms with Crippen LogP contribution in [0.5, 0.6) is 0 Å². The minimum Gasteiger partial charge on any atom is -0.0834 e.